The summed E-state index contributed by atoms with van der Waals surface area (Å²) in [5.41, 5.74) is 3.81. The first-order chi connectivity index (χ1) is 15.6. The van der Waals surface area contributed by atoms with Crippen LogP contribution in [-0.4, -0.2) is 15.9 Å². The fourth-order valence-electron chi connectivity index (χ4n) is 3.55. The molecule has 0 saturated carbocycles. The van der Waals surface area contributed by atoms with E-state index >= 15 is 0 Å². The van der Waals surface area contributed by atoms with Gasteiger partial charge >= 0.3 is 5.97 Å². The van der Waals surface area contributed by atoms with Gasteiger partial charge in [-0.3, -0.25) is 0 Å². The van der Waals surface area contributed by atoms with Crippen LogP contribution in [0.25, 0.3) is 11.4 Å². The molecule has 0 amide bonds. The van der Waals surface area contributed by atoms with Gasteiger partial charge in [0.25, 0.3) is 0 Å². The van der Waals surface area contributed by atoms with Gasteiger partial charge in [0.2, 0.25) is 0 Å². The standard InChI is InChI=1S/C28H34N2O2/c1-4-6-7-8-9-23-19-29-27(30-20-23)24-12-14-25(15-13-24)28(31)32-26-16-10-22(11-17-26)18-21(3)5-2/h10-17,19-21H,4-9,18H2,1-3H3. The van der Waals surface area contributed by atoms with E-state index in [1.165, 1.54) is 36.8 Å². The number of benzene rings is 2. The molecule has 0 fully saturated rings. The first-order valence-corrected chi connectivity index (χ1v) is 11.8. The fraction of sp³-hybridized carbons (Fsp3) is 0.393. The minimum Gasteiger partial charge on any atom is -0.423 e. The van der Waals surface area contributed by atoms with Crippen molar-refractivity contribution in [1.29, 1.82) is 0 Å². The third-order valence-corrected chi connectivity index (χ3v) is 5.82. The Balaban J connectivity index is 1.56. The molecule has 0 radical (unpaired) electrons. The molecule has 0 spiro atoms. The number of carbonyl (C=O) groups excluding carboxylic acids is 1. The Morgan fingerprint density at radius 2 is 1.56 bits per heavy atom. The van der Waals surface area contributed by atoms with E-state index in [-0.39, 0.29) is 5.97 Å². The molecule has 1 heterocycles. The van der Waals surface area contributed by atoms with Crippen LogP contribution >= 0.6 is 0 Å². The molecule has 2 aromatic carbocycles. The van der Waals surface area contributed by atoms with E-state index in [9.17, 15) is 4.79 Å². The minimum absolute atomic E-state index is 0.366. The first kappa shape index (κ1) is 23.6. The van der Waals surface area contributed by atoms with Crippen LogP contribution in [0.5, 0.6) is 5.75 Å². The van der Waals surface area contributed by atoms with E-state index in [1.54, 1.807) is 12.1 Å². The third-order valence-electron chi connectivity index (χ3n) is 5.82. The highest BCUT2D eigenvalue weighted by molar-refractivity contribution is 5.91. The Hall–Kier alpha value is -3.01. The molecule has 168 valence electrons. The predicted molar refractivity (Wildman–Crippen MR) is 130 cm³/mol. The quantitative estimate of drug-likeness (QED) is 0.185. The highest BCUT2D eigenvalue weighted by Gasteiger charge is 2.10. The Kier molecular flexibility index (Phi) is 8.97. The van der Waals surface area contributed by atoms with Crippen molar-refractivity contribution >= 4 is 5.97 Å². The maximum Gasteiger partial charge on any atom is 0.343 e. The summed E-state index contributed by atoms with van der Waals surface area (Å²) < 4.78 is 5.53. The van der Waals surface area contributed by atoms with Crippen LogP contribution in [0.15, 0.2) is 60.9 Å². The lowest BCUT2D eigenvalue weighted by Crippen LogP contribution is -2.08. The van der Waals surface area contributed by atoms with Crippen molar-refractivity contribution in [3.63, 3.8) is 0 Å². The van der Waals surface area contributed by atoms with Crippen LogP contribution in [0.2, 0.25) is 0 Å². The lowest BCUT2D eigenvalue weighted by atomic mass is 9.99. The highest BCUT2D eigenvalue weighted by atomic mass is 16.5. The van der Waals surface area contributed by atoms with Crippen LogP contribution in [0.4, 0.5) is 0 Å². The van der Waals surface area contributed by atoms with Gasteiger partial charge in [-0.15, -0.1) is 0 Å². The van der Waals surface area contributed by atoms with E-state index < -0.39 is 0 Å². The van der Waals surface area contributed by atoms with Gasteiger partial charge in [0.15, 0.2) is 5.82 Å². The monoisotopic (exact) mass is 430 g/mol. The van der Waals surface area contributed by atoms with Gasteiger partial charge in [-0.1, -0.05) is 70.7 Å². The Bertz CT molecular complexity index is 964. The molecule has 3 aromatic rings. The normalized spacial score (nSPS) is 11.8. The maximum absolute atomic E-state index is 12.5. The molecule has 3 rings (SSSR count). The number of aromatic nitrogens is 2. The number of hydrogen-bond donors (Lipinski definition) is 0. The first-order valence-electron chi connectivity index (χ1n) is 11.8. The maximum atomic E-state index is 12.5. The lowest BCUT2D eigenvalue weighted by Gasteiger charge is -2.09. The third kappa shape index (κ3) is 7.01. The molecule has 0 aliphatic rings. The average molecular weight is 431 g/mol. The summed E-state index contributed by atoms with van der Waals surface area (Å²) in [7, 11) is 0. The Labute approximate surface area is 192 Å². The number of hydrogen-bond acceptors (Lipinski definition) is 4. The van der Waals surface area contributed by atoms with Crippen molar-refractivity contribution in [3.05, 3.63) is 77.6 Å². The summed E-state index contributed by atoms with van der Waals surface area (Å²) in [5.74, 6) is 1.51. The van der Waals surface area contributed by atoms with Gasteiger partial charge < -0.3 is 4.74 Å². The summed E-state index contributed by atoms with van der Waals surface area (Å²) >= 11 is 0. The van der Waals surface area contributed by atoms with E-state index in [1.807, 2.05) is 48.8 Å². The lowest BCUT2D eigenvalue weighted by molar-refractivity contribution is 0.0734. The highest BCUT2D eigenvalue weighted by Crippen LogP contribution is 2.20. The molecule has 0 aliphatic heterocycles. The molecule has 0 bridgehead atoms. The zero-order valence-corrected chi connectivity index (χ0v) is 19.5. The molecule has 0 saturated heterocycles. The van der Waals surface area contributed by atoms with Gasteiger partial charge in [0.1, 0.15) is 5.75 Å². The fourth-order valence-corrected chi connectivity index (χ4v) is 3.55. The number of nitrogens with zero attached hydrogens (tertiary/aromatic N) is 2. The molecule has 0 aliphatic carbocycles. The zero-order valence-electron chi connectivity index (χ0n) is 19.5. The number of esters is 1. The van der Waals surface area contributed by atoms with Crippen LogP contribution < -0.4 is 4.74 Å². The zero-order chi connectivity index (χ0) is 22.8. The molecule has 4 nitrogen and oxygen atoms in total. The second-order valence-electron chi connectivity index (χ2n) is 8.55. The SMILES string of the molecule is CCCCCCc1cnc(-c2ccc(C(=O)Oc3ccc(CC(C)CC)cc3)cc2)nc1. The Morgan fingerprint density at radius 1 is 0.875 bits per heavy atom. The molecular weight excluding hydrogens is 396 g/mol. The summed E-state index contributed by atoms with van der Waals surface area (Å²) in [6.45, 7) is 6.66. The average Bonchev–Trinajstić information content (AvgIpc) is 2.83. The van der Waals surface area contributed by atoms with Crippen molar-refractivity contribution in [2.75, 3.05) is 0 Å². The molecule has 1 atom stereocenters. The van der Waals surface area contributed by atoms with Gasteiger partial charge in [-0.05, 0) is 60.6 Å². The van der Waals surface area contributed by atoms with E-state index in [2.05, 4.69) is 30.7 Å². The van der Waals surface area contributed by atoms with E-state index in [0.717, 1.165) is 24.8 Å². The van der Waals surface area contributed by atoms with E-state index in [0.29, 0.717) is 23.1 Å². The summed E-state index contributed by atoms with van der Waals surface area (Å²) in [6, 6.07) is 15.0. The van der Waals surface area contributed by atoms with Gasteiger partial charge in [-0.2, -0.15) is 0 Å². The van der Waals surface area contributed by atoms with Crippen molar-refractivity contribution in [2.45, 2.75) is 65.7 Å². The predicted octanol–water partition coefficient (Wildman–Crippen LogP) is 7.07. The Morgan fingerprint density at radius 3 is 2.19 bits per heavy atom. The summed E-state index contributed by atoms with van der Waals surface area (Å²) in [5, 5.41) is 0. The van der Waals surface area contributed by atoms with Crippen LogP contribution in [-0.2, 0) is 12.8 Å². The number of ether oxygens (including phenoxy) is 1. The molecule has 32 heavy (non-hydrogen) atoms. The van der Waals surface area contributed by atoms with Crippen molar-refractivity contribution < 1.29 is 9.53 Å². The van der Waals surface area contributed by atoms with Crippen LogP contribution in [0.1, 0.15) is 74.4 Å². The molecule has 1 aromatic heterocycles. The van der Waals surface area contributed by atoms with Crippen molar-refractivity contribution in [2.24, 2.45) is 5.92 Å². The van der Waals surface area contributed by atoms with Crippen molar-refractivity contribution in [3.8, 4) is 17.1 Å². The molecule has 4 heteroatoms. The summed E-state index contributed by atoms with van der Waals surface area (Å²) in [4.78, 5) is 21.5. The minimum atomic E-state index is -0.366. The van der Waals surface area contributed by atoms with E-state index in [4.69, 9.17) is 4.74 Å². The number of carbonyl (C=O) groups is 1. The van der Waals surface area contributed by atoms with Crippen LogP contribution in [0, 0.1) is 5.92 Å². The number of aryl methyl sites for hydroxylation is 1. The van der Waals surface area contributed by atoms with Gasteiger partial charge in [0, 0.05) is 18.0 Å². The van der Waals surface area contributed by atoms with Crippen molar-refractivity contribution in [1.82, 2.24) is 9.97 Å². The smallest absolute Gasteiger partial charge is 0.343 e. The molecule has 1 unspecified atom stereocenters. The number of rotatable bonds is 11. The van der Waals surface area contributed by atoms with Gasteiger partial charge in [-0.25, -0.2) is 14.8 Å². The second kappa shape index (κ2) is 12.1. The summed E-state index contributed by atoms with van der Waals surface area (Å²) in [6.07, 6.45) is 12.0. The molecule has 0 N–H and O–H groups in total. The van der Waals surface area contributed by atoms with Crippen LogP contribution in [0.3, 0.4) is 0 Å². The number of unbranched alkanes of at least 4 members (excludes halogenated alkanes) is 3. The van der Waals surface area contributed by atoms with Gasteiger partial charge in [0.05, 0.1) is 5.56 Å². The largest absolute Gasteiger partial charge is 0.423 e. The second-order valence-corrected chi connectivity index (χ2v) is 8.55. The topological polar surface area (TPSA) is 52.1 Å². The molecular formula is C28H34N2O2.